The van der Waals surface area contributed by atoms with E-state index < -0.39 is 0 Å². The van der Waals surface area contributed by atoms with Crippen LogP contribution in [0.25, 0.3) is 11.0 Å². The molecule has 1 fully saturated rings. The lowest BCUT2D eigenvalue weighted by Crippen LogP contribution is -2.33. The minimum Gasteiger partial charge on any atom is -0.397 e. The fourth-order valence-corrected chi connectivity index (χ4v) is 2.82. The van der Waals surface area contributed by atoms with Gasteiger partial charge in [0.2, 0.25) is 5.91 Å². The number of imidazole rings is 1. The summed E-state index contributed by atoms with van der Waals surface area (Å²) in [4.78, 5) is 19.0. The number of fused-ring (bicyclic) bond motifs is 1. The van der Waals surface area contributed by atoms with Crippen LogP contribution >= 0.6 is 0 Å². The van der Waals surface area contributed by atoms with Gasteiger partial charge in [0.1, 0.15) is 17.9 Å². The van der Waals surface area contributed by atoms with Crippen LogP contribution in [0.4, 0.5) is 5.69 Å². The number of nitrogens with zero attached hydrogens (tertiary/aromatic N) is 3. The van der Waals surface area contributed by atoms with Crippen LogP contribution in [0, 0.1) is 0 Å². The van der Waals surface area contributed by atoms with E-state index in [1.807, 2.05) is 36.9 Å². The highest BCUT2D eigenvalue weighted by atomic mass is 16.2. The van der Waals surface area contributed by atoms with Crippen LogP contribution in [-0.4, -0.2) is 33.4 Å². The Morgan fingerprint density at radius 2 is 2.10 bits per heavy atom. The molecule has 112 valence electrons. The molecule has 0 unspecified atom stereocenters. The van der Waals surface area contributed by atoms with E-state index in [1.165, 1.54) is 0 Å². The minimum atomic E-state index is 0.142. The Morgan fingerprint density at radius 1 is 1.38 bits per heavy atom. The van der Waals surface area contributed by atoms with Gasteiger partial charge in [-0.15, -0.1) is 0 Å². The average Bonchev–Trinajstić information content (AvgIpc) is 3.25. The molecule has 1 aliphatic rings. The zero-order valence-electron chi connectivity index (χ0n) is 12.7. The van der Waals surface area contributed by atoms with E-state index >= 15 is 0 Å². The molecule has 5 heteroatoms. The number of likely N-dealkylation sites (N-methyl/N-ethyl adjacent to an activating group) is 1. The molecule has 5 nitrogen and oxygen atoms in total. The van der Waals surface area contributed by atoms with Gasteiger partial charge in [0.25, 0.3) is 0 Å². The van der Waals surface area contributed by atoms with E-state index in [2.05, 4.69) is 4.57 Å². The summed E-state index contributed by atoms with van der Waals surface area (Å²) >= 11 is 0. The zero-order chi connectivity index (χ0) is 15.0. The van der Waals surface area contributed by atoms with Crippen LogP contribution < -0.4 is 5.73 Å². The van der Waals surface area contributed by atoms with Crippen molar-refractivity contribution < 1.29 is 4.79 Å². The molecular formula is C16H22N4O. The predicted molar refractivity (Wildman–Crippen MR) is 84.0 cm³/mol. The number of nitrogens with two attached hydrogens (primary N) is 1. The SMILES string of the molecule is CCN(CC)C(=O)Cn1c(C2CC2)nc2c(N)cccc21. The zero-order valence-corrected chi connectivity index (χ0v) is 12.7. The largest absolute Gasteiger partial charge is 0.397 e. The summed E-state index contributed by atoms with van der Waals surface area (Å²) in [6.45, 7) is 5.85. The summed E-state index contributed by atoms with van der Waals surface area (Å²) in [5, 5.41) is 0. The molecule has 3 rings (SSSR count). The number of para-hydroxylation sites is 1. The highest BCUT2D eigenvalue weighted by molar-refractivity contribution is 5.89. The van der Waals surface area contributed by atoms with Crippen LogP contribution in [0.3, 0.4) is 0 Å². The van der Waals surface area contributed by atoms with Crippen molar-refractivity contribution in [3.05, 3.63) is 24.0 Å². The third-order valence-electron chi connectivity index (χ3n) is 4.19. The second-order valence-electron chi connectivity index (χ2n) is 5.61. The van der Waals surface area contributed by atoms with E-state index in [-0.39, 0.29) is 5.91 Å². The first-order chi connectivity index (χ1) is 10.2. The van der Waals surface area contributed by atoms with Crippen LogP contribution in [0.5, 0.6) is 0 Å². The number of carbonyl (C=O) groups excluding carboxylic acids is 1. The quantitative estimate of drug-likeness (QED) is 0.858. The molecule has 0 spiro atoms. The van der Waals surface area contributed by atoms with Crippen molar-refractivity contribution in [2.75, 3.05) is 18.8 Å². The van der Waals surface area contributed by atoms with Gasteiger partial charge in [-0.2, -0.15) is 0 Å². The molecule has 0 radical (unpaired) electrons. The number of nitrogen functional groups attached to an aromatic ring is 1. The Bertz CT molecular complexity index is 668. The molecule has 2 aromatic rings. The highest BCUT2D eigenvalue weighted by Crippen LogP contribution is 2.41. The topological polar surface area (TPSA) is 64.2 Å². The summed E-state index contributed by atoms with van der Waals surface area (Å²) in [6.07, 6.45) is 2.31. The average molecular weight is 286 g/mol. The van der Waals surface area contributed by atoms with Crippen molar-refractivity contribution >= 4 is 22.6 Å². The van der Waals surface area contributed by atoms with E-state index in [9.17, 15) is 4.79 Å². The highest BCUT2D eigenvalue weighted by Gasteiger charge is 2.30. The lowest BCUT2D eigenvalue weighted by atomic mass is 10.2. The monoisotopic (exact) mass is 286 g/mol. The molecule has 0 aliphatic heterocycles. The van der Waals surface area contributed by atoms with Crippen molar-refractivity contribution in [1.29, 1.82) is 0 Å². The summed E-state index contributed by atoms with van der Waals surface area (Å²) < 4.78 is 2.06. The number of amides is 1. The van der Waals surface area contributed by atoms with Crippen molar-refractivity contribution in [1.82, 2.24) is 14.5 Å². The van der Waals surface area contributed by atoms with Gasteiger partial charge >= 0.3 is 0 Å². The van der Waals surface area contributed by atoms with Crippen molar-refractivity contribution in [3.8, 4) is 0 Å². The van der Waals surface area contributed by atoms with E-state index in [0.717, 1.165) is 42.8 Å². The molecular weight excluding hydrogens is 264 g/mol. The summed E-state index contributed by atoms with van der Waals surface area (Å²) in [5.41, 5.74) is 8.51. The standard InChI is InChI=1S/C16H22N4O/c1-3-19(4-2)14(21)10-20-13-7-5-6-12(17)15(13)18-16(20)11-8-9-11/h5-7,11H,3-4,8-10,17H2,1-2H3. The molecule has 0 saturated heterocycles. The van der Waals surface area contributed by atoms with Crippen LogP contribution in [0.1, 0.15) is 38.4 Å². The van der Waals surface area contributed by atoms with Crippen LogP contribution in [0.15, 0.2) is 18.2 Å². The Morgan fingerprint density at radius 3 is 2.71 bits per heavy atom. The molecule has 1 heterocycles. The first kappa shape index (κ1) is 13.9. The van der Waals surface area contributed by atoms with Crippen LogP contribution in [0.2, 0.25) is 0 Å². The molecule has 0 bridgehead atoms. The Labute approximate surface area is 124 Å². The molecule has 1 aromatic heterocycles. The predicted octanol–water partition coefficient (Wildman–Crippen LogP) is 2.36. The van der Waals surface area contributed by atoms with Gasteiger partial charge < -0.3 is 15.2 Å². The molecule has 1 aromatic carbocycles. The number of carbonyl (C=O) groups is 1. The van der Waals surface area contributed by atoms with Gasteiger partial charge in [0.15, 0.2) is 0 Å². The van der Waals surface area contributed by atoms with E-state index in [1.54, 1.807) is 0 Å². The van der Waals surface area contributed by atoms with Crippen LogP contribution in [-0.2, 0) is 11.3 Å². The lowest BCUT2D eigenvalue weighted by Gasteiger charge is -2.19. The van der Waals surface area contributed by atoms with E-state index in [0.29, 0.717) is 18.2 Å². The second-order valence-corrected chi connectivity index (χ2v) is 5.61. The number of anilines is 1. The van der Waals surface area contributed by atoms with Gasteiger partial charge in [-0.05, 0) is 38.8 Å². The van der Waals surface area contributed by atoms with Crippen molar-refractivity contribution in [2.45, 2.75) is 39.2 Å². The number of hydrogen-bond donors (Lipinski definition) is 1. The second kappa shape index (κ2) is 5.39. The smallest absolute Gasteiger partial charge is 0.242 e. The maximum atomic E-state index is 12.4. The first-order valence-electron chi connectivity index (χ1n) is 7.68. The lowest BCUT2D eigenvalue weighted by molar-refractivity contribution is -0.131. The van der Waals surface area contributed by atoms with Gasteiger partial charge in [0.05, 0.1) is 11.2 Å². The third-order valence-corrected chi connectivity index (χ3v) is 4.19. The van der Waals surface area contributed by atoms with Crippen molar-refractivity contribution in [3.63, 3.8) is 0 Å². The fourth-order valence-electron chi connectivity index (χ4n) is 2.82. The molecule has 1 amide bonds. The van der Waals surface area contributed by atoms with Gasteiger partial charge in [0, 0.05) is 19.0 Å². The number of benzene rings is 1. The van der Waals surface area contributed by atoms with Crippen molar-refractivity contribution in [2.24, 2.45) is 0 Å². The maximum absolute atomic E-state index is 12.4. The number of aromatic nitrogens is 2. The Balaban J connectivity index is 2.02. The molecule has 21 heavy (non-hydrogen) atoms. The summed E-state index contributed by atoms with van der Waals surface area (Å²) in [5.74, 6) is 1.65. The Hall–Kier alpha value is -2.04. The maximum Gasteiger partial charge on any atom is 0.242 e. The first-order valence-corrected chi connectivity index (χ1v) is 7.68. The third kappa shape index (κ3) is 2.48. The normalized spacial score (nSPS) is 14.6. The summed E-state index contributed by atoms with van der Waals surface area (Å²) in [7, 11) is 0. The molecule has 1 saturated carbocycles. The van der Waals surface area contributed by atoms with Gasteiger partial charge in [-0.1, -0.05) is 6.07 Å². The molecule has 0 atom stereocenters. The fraction of sp³-hybridized carbons (Fsp3) is 0.500. The number of rotatable bonds is 5. The molecule has 1 aliphatic carbocycles. The van der Waals surface area contributed by atoms with Gasteiger partial charge in [-0.3, -0.25) is 4.79 Å². The van der Waals surface area contributed by atoms with E-state index in [4.69, 9.17) is 10.7 Å². The van der Waals surface area contributed by atoms with Gasteiger partial charge in [-0.25, -0.2) is 4.98 Å². The minimum absolute atomic E-state index is 0.142. The number of hydrogen-bond acceptors (Lipinski definition) is 3. The molecule has 2 N–H and O–H groups in total. The Kier molecular flexibility index (Phi) is 3.57. The summed E-state index contributed by atoms with van der Waals surface area (Å²) in [6, 6.07) is 5.79.